The average molecular weight is 498 g/mol. The van der Waals surface area contributed by atoms with Crippen LogP contribution in [0.25, 0.3) is 54.9 Å². The van der Waals surface area contributed by atoms with Gasteiger partial charge in [-0.25, -0.2) is 0 Å². The number of hydrogen-bond donors (Lipinski definition) is 1. The Hall–Kier alpha value is -5.14. The monoisotopic (exact) mass is 497 g/mol. The van der Waals surface area contributed by atoms with Crippen molar-refractivity contribution in [1.82, 2.24) is 0 Å². The maximum atomic E-state index is 3.55. The van der Waals surface area contributed by atoms with Crippen molar-refractivity contribution in [3.05, 3.63) is 158 Å². The molecule has 0 aliphatic rings. The zero-order valence-corrected chi connectivity index (χ0v) is 21.5. The van der Waals surface area contributed by atoms with Crippen LogP contribution in [0.2, 0.25) is 0 Å². The van der Waals surface area contributed by atoms with Gasteiger partial charge in [-0.05, 0) is 97.4 Å². The summed E-state index contributed by atoms with van der Waals surface area (Å²) in [5.74, 6) is 0. The van der Waals surface area contributed by atoms with Crippen molar-refractivity contribution in [2.75, 3.05) is 5.32 Å². The van der Waals surface area contributed by atoms with Crippen LogP contribution < -0.4 is 5.32 Å². The lowest BCUT2D eigenvalue weighted by Gasteiger charge is -2.10. The van der Waals surface area contributed by atoms with Crippen molar-refractivity contribution in [1.29, 1.82) is 0 Å². The average Bonchev–Trinajstić information content (AvgIpc) is 3.01. The van der Waals surface area contributed by atoms with Gasteiger partial charge < -0.3 is 5.32 Å². The van der Waals surface area contributed by atoms with E-state index in [1.54, 1.807) is 0 Å². The molecule has 0 aliphatic carbocycles. The summed E-state index contributed by atoms with van der Waals surface area (Å²) < 4.78 is 0. The first kappa shape index (κ1) is 23.0. The molecule has 0 saturated heterocycles. The molecule has 7 aromatic carbocycles. The molecule has 1 heteroatoms. The third kappa shape index (κ3) is 4.79. The fraction of sp³-hybridized carbons (Fsp3) is 0. The molecule has 7 rings (SSSR count). The SMILES string of the molecule is c1ccc(-c2ccc3ccc(-c4ccc(Nc5ccc(-c6ccc7ccccc7c6)cc5)cc4)cc3c2)cc1. The summed E-state index contributed by atoms with van der Waals surface area (Å²) in [7, 11) is 0. The summed E-state index contributed by atoms with van der Waals surface area (Å²) in [5, 5.41) is 8.58. The first-order valence-corrected chi connectivity index (χ1v) is 13.3. The van der Waals surface area contributed by atoms with E-state index in [1.165, 1.54) is 54.9 Å². The van der Waals surface area contributed by atoms with Crippen LogP contribution in [-0.4, -0.2) is 0 Å². The Morgan fingerprint density at radius 2 is 0.641 bits per heavy atom. The summed E-state index contributed by atoms with van der Waals surface area (Å²) in [6.45, 7) is 0. The first-order valence-electron chi connectivity index (χ1n) is 13.3. The molecule has 0 heterocycles. The smallest absolute Gasteiger partial charge is 0.0384 e. The minimum atomic E-state index is 1.07. The van der Waals surface area contributed by atoms with E-state index in [0.717, 1.165) is 11.4 Å². The zero-order valence-electron chi connectivity index (χ0n) is 21.5. The second-order valence-corrected chi connectivity index (χ2v) is 9.98. The number of rotatable bonds is 5. The largest absolute Gasteiger partial charge is 0.356 e. The normalized spacial score (nSPS) is 11.1. The Bertz CT molecular complexity index is 1900. The van der Waals surface area contributed by atoms with Gasteiger partial charge in [-0.2, -0.15) is 0 Å². The Kier molecular flexibility index (Phi) is 5.88. The van der Waals surface area contributed by atoms with Gasteiger partial charge in [-0.1, -0.05) is 115 Å². The molecule has 0 aliphatic heterocycles. The lowest BCUT2D eigenvalue weighted by molar-refractivity contribution is 1.54. The Balaban J connectivity index is 1.09. The standard InChI is InChI=1S/C38H27N/c1-2-6-27(7-3-1)34-14-11-31-12-15-35(26-36(31)25-34)30-18-22-38(23-19-30)39-37-20-16-29(17-21-37)33-13-10-28-8-4-5-9-32(28)24-33/h1-26,39H. The molecular weight excluding hydrogens is 470 g/mol. The maximum Gasteiger partial charge on any atom is 0.0384 e. The quantitative estimate of drug-likeness (QED) is 0.249. The maximum absolute atomic E-state index is 3.55. The molecule has 0 aromatic heterocycles. The van der Waals surface area contributed by atoms with Gasteiger partial charge >= 0.3 is 0 Å². The molecule has 0 unspecified atom stereocenters. The second-order valence-electron chi connectivity index (χ2n) is 9.98. The molecule has 0 saturated carbocycles. The summed E-state index contributed by atoms with van der Waals surface area (Å²) in [4.78, 5) is 0. The van der Waals surface area contributed by atoms with E-state index in [0.29, 0.717) is 0 Å². The van der Waals surface area contributed by atoms with Crippen LogP contribution >= 0.6 is 0 Å². The van der Waals surface area contributed by atoms with Crippen LogP contribution in [0.1, 0.15) is 0 Å². The molecule has 7 aromatic rings. The van der Waals surface area contributed by atoms with Crippen LogP contribution in [0.4, 0.5) is 11.4 Å². The minimum Gasteiger partial charge on any atom is -0.356 e. The molecular formula is C38H27N. The molecule has 39 heavy (non-hydrogen) atoms. The van der Waals surface area contributed by atoms with Gasteiger partial charge in [0.25, 0.3) is 0 Å². The van der Waals surface area contributed by atoms with Gasteiger partial charge in [0.15, 0.2) is 0 Å². The van der Waals surface area contributed by atoms with E-state index >= 15 is 0 Å². The first-order chi connectivity index (χ1) is 19.3. The highest BCUT2D eigenvalue weighted by atomic mass is 14.9. The van der Waals surface area contributed by atoms with Gasteiger partial charge in [-0.3, -0.25) is 0 Å². The van der Waals surface area contributed by atoms with E-state index in [4.69, 9.17) is 0 Å². The third-order valence-corrected chi connectivity index (χ3v) is 7.42. The highest BCUT2D eigenvalue weighted by Gasteiger charge is 2.05. The van der Waals surface area contributed by atoms with Crippen LogP contribution in [0, 0.1) is 0 Å². The van der Waals surface area contributed by atoms with Gasteiger partial charge in [0.2, 0.25) is 0 Å². The molecule has 0 radical (unpaired) electrons. The third-order valence-electron chi connectivity index (χ3n) is 7.42. The van der Waals surface area contributed by atoms with E-state index in [1.807, 2.05) is 0 Å². The Morgan fingerprint density at radius 3 is 1.18 bits per heavy atom. The number of benzene rings is 7. The predicted octanol–water partition coefficient (Wildman–Crippen LogP) is 10.7. The zero-order chi connectivity index (χ0) is 26.0. The second kappa shape index (κ2) is 9.96. The molecule has 184 valence electrons. The fourth-order valence-electron chi connectivity index (χ4n) is 5.26. The summed E-state index contributed by atoms with van der Waals surface area (Å²) in [6, 6.07) is 56.4. The van der Waals surface area contributed by atoms with Crippen molar-refractivity contribution >= 4 is 32.9 Å². The van der Waals surface area contributed by atoms with Gasteiger partial charge in [0, 0.05) is 11.4 Å². The lowest BCUT2D eigenvalue weighted by Crippen LogP contribution is -1.90. The van der Waals surface area contributed by atoms with Crippen LogP contribution in [-0.2, 0) is 0 Å². The van der Waals surface area contributed by atoms with Gasteiger partial charge in [0.1, 0.15) is 0 Å². The van der Waals surface area contributed by atoms with E-state index in [9.17, 15) is 0 Å². The minimum absolute atomic E-state index is 1.07. The van der Waals surface area contributed by atoms with E-state index < -0.39 is 0 Å². The van der Waals surface area contributed by atoms with Crippen molar-refractivity contribution in [3.63, 3.8) is 0 Å². The van der Waals surface area contributed by atoms with Crippen LogP contribution in [0.5, 0.6) is 0 Å². The summed E-state index contributed by atoms with van der Waals surface area (Å²) >= 11 is 0. The molecule has 0 spiro atoms. The number of nitrogens with one attached hydrogen (secondary N) is 1. The van der Waals surface area contributed by atoms with Gasteiger partial charge in [-0.15, -0.1) is 0 Å². The van der Waals surface area contributed by atoms with Crippen molar-refractivity contribution in [3.8, 4) is 33.4 Å². The lowest BCUT2D eigenvalue weighted by atomic mass is 9.97. The molecule has 0 amide bonds. The van der Waals surface area contributed by atoms with Gasteiger partial charge in [0.05, 0.1) is 0 Å². The molecule has 0 atom stereocenters. The van der Waals surface area contributed by atoms with Crippen molar-refractivity contribution in [2.45, 2.75) is 0 Å². The van der Waals surface area contributed by atoms with Crippen molar-refractivity contribution < 1.29 is 0 Å². The number of anilines is 2. The predicted molar refractivity (Wildman–Crippen MR) is 167 cm³/mol. The van der Waals surface area contributed by atoms with Crippen molar-refractivity contribution in [2.24, 2.45) is 0 Å². The molecule has 0 fully saturated rings. The van der Waals surface area contributed by atoms with E-state index in [-0.39, 0.29) is 0 Å². The molecule has 1 nitrogen and oxygen atoms in total. The summed E-state index contributed by atoms with van der Waals surface area (Å²) in [6.07, 6.45) is 0. The Labute approximate surface area is 229 Å². The topological polar surface area (TPSA) is 12.0 Å². The highest BCUT2D eigenvalue weighted by Crippen LogP contribution is 2.30. The fourth-order valence-corrected chi connectivity index (χ4v) is 5.26. The molecule has 0 bridgehead atoms. The summed E-state index contributed by atoms with van der Waals surface area (Å²) in [5.41, 5.74) is 9.51. The van der Waals surface area contributed by atoms with Crippen LogP contribution in [0.3, 0.4) is 0 Å². The van der Waals surface area contributed by atoms with E-state index in [2.05, 4.69) is 163 Å². The van der Waals surface area contributed by atoms with Crippen LogP contribution in [0.15, 0.2) is 158 Å². The molecule has 1 N–H and O–H groups in total. The Morgan fingerprint density at radius 1 is 0.256 bits per heavy atom. The number of fused-ring (bicyclic) bond motifs is 2. The number of hydrogen-bond acceptors (Lipinski definition) is 1. The highest BCUT2D eigenvalue weighted by molar-refractivity contribution is 5.91.